The molecular formula is C9H12IN3. The van der Waals surface area contributed by atoms with Gasteiger partial charge in [-0.2, -0.15) is 0 Å². The number of hydrogen-bond donors (Lipinski definition) is 1. The molecule has 0 bridgehead atoms. The SMILES string of the molecule is Nc1nc(CC2CCC2)ncc1I. The Morgan fingerprint density at radius 2 is 2.31 bits per heavy atom. The van der Waals surface area contributed by atoms with Gasteiger partial charge in [-0.3, -0.25) is 0 Å². The summed E-state index contributed by atoms with van der Waals surface area (Å²) in [5.74, 6) is 2.33. The highest BCUT2D eigenvalue weighted by atomic mass is 127. The van der Waals surface area contributed by atoms with E-state index in [9.17, 15) is 0 Å². The van der Waals surface area contributed by atoms with Gasteiger partial charge in [0.05, 0.1) is 3.57 Å². The minimum atomic E-state index is 0.616. The normalized spacial score (nSPS) is 17.0. The summed E-state index contributed by atoms with van der Waals surface area (Å²) in [4.78, 5) is 8.52. The van der Waals surface area contributed by atoms with Crippen LogP contribution in [0.4, 0.5) is 5.82 Å². The standard InChI is InChI=1S/C9H12IN3/c10-7-5-12-8(13-9(7)11)4-6-2-1-3-6/h5-6H,1-4H2,(H2,11,12,13). The Morgan fingerprint density at radius 1 is 1.54 bits per heavy atom. The molecule has 4 heteroatoms. The summed E-state index contributed by atoms with van der Waals surface area (Å²) in [5.41, 5.74) is 5.70. The van der Waals surface area contributed by atoms with Crippen LogP contribution in [0.15, 0.2) is 6.20 Å². The zero-order valence-corrected chi connectivity index (χ0v) is 9.49. The minimum absolute atomic E-state index is 0.616. The fraction of sp³-hybridized carbons (Fsp3) is 0.556. The van der Waals surface area contributed by atoms with Crippen LogP contribution in [-0.2, 0) is 6.42 Å². The first-order valence-corrected chi connectivity index (χ1v) is 5.60. The second-order valence-electron chi connectivity index (χ2n) is 3.52. The highest BCUT2D eigenvalue weighted by molar-refractivity contribution is 14.1. The van der Waals surface area contributed by atoms with Crippen LogP contribution in [0.2, 0.25) is 0 Å². The van der Waals surface area contributed by atoms with E-state index in [-0.39, 0.29) is 0 Å². The van der Waals surface area contributed by atoms with Crippen LogP contribution in [0.25, 0.3) is 0 Å². The average molecular weight is 289 g/mol. The molecule has 0 amide bonds. The number of anilines is 1. The third-order valence-corrected chi connectivity index (χ3v) is 3.35. The summed E-state index contributed by atoms with van der Waals surface area (Å²) < 4.78 is 0.940. The lowest BCUT2D eigenvalue weighted by atomic mass is 9.83. The molecule has 0 aromatic carbocycles. The predicted molar refractivity (Wildman–Crippen MR) is 60.2 cm³/mol. The van der Waals surface area contributed by atoms with E-state index < -0.39 is 0 Å². The Balaban J connectivity index is 2.07. The van der Waals surface area contributed by atoms with Crippen molar-refractivity contribution in [3.8, 4) is 0 Å². The lowest BCUT2D eigenvalue weighted by Crippen LogP contribution is -2.16. The third kappa shape index (κ3) is 2.10. The van der Waals surface area contributed by atoms with Gasteiger partial charge in [0.25, 0.3) is 0 Å². The monoisotopic (exact) mass is 289 g/mol. The number of rotatable bonds is 2. The Labute approximate surface area is 91.3 Å². The van der Waals surface area contributed by atoms with Crippen LogP contribution in [-0.4, -0.2) is 9.97 Å². The number of halogens is 1. The van der Waals surface area contributed by atoms with E-state index in [1.807, 2.05) is 0 Å². The molecule has 0 unspecified atom stereocenters. The number of nitrogens with zero attached hydrogens (tertiary/aromatic N) is 2. The molecule has 0 aliphatic heterocycles. The topological polar surface area (TPSA) is 51.8 Å². The van der Waals surface area contributed by atoms with Gasteiger partial charge in [0.2, 0.25) is 0 Å². The van der Waals surface area contributed by atoms with Crippen LogP contribution in [0.5, 0.6) is 0 Å². The van der Waals surface area contributed by atoms with E-state index in [4.69, 9.17) is 5.73 Å². The maximum absolute atomic E-state index is 5.70. The third-order valence-electron chi connectivity index (χ3n) is 2.52. The van der Waals surface area contributed by atoms with Gasteiger partial charge in [-0.1, -0.05) is 19.3 Å². The molecule has 1 heterocycles. The molecule has 13 heavy (non-hydrogen) atoms. The van der Waals surface area contributed by atoms with Gasteiger partial charge in [-0.15, -0.1) is 0 Å². The molecule has 2 N–H and O–H groups in total. The molecule has 0 atom stereocenters. The van der Waals surface area contributed by atoms with Crippen molar-refractivity contribution in [3.63, 3.8) is 0 Å². The van der Waals surface area contributed by atoms with Gasteiger partial charge in [0, 0.05) is 12.6 Å². The Hall–Kier alpha value is -0.390. The van der Waals surface area contributed by atoms with Crippen LogP contribution < -0.4 is 5.73 Å². The predicted octanol–water partition coefficient (Wildman–Crippen LogP) is 2.01. The first-order valence-electron chi connectivity index (χ1n) is 4.52. The quantitative estimate of drug-likeness (QED) is 0.847. The number of hydrogen-bond acceptors (Lipinski definition) is 3. The largest absolute Gasteiger partial charge is 0.383 e. The fourth-order valence-corrected chi connectivity index (χ4v) is 1.73. The summed E-state index contributed by atoms with van der Waals surface area (Å²) in [7, 11) is 0. The summed E-state index contributed by atoms with van der Waals surface area (Å²) in [5, 5.41) is 0. The zero-order valence-electron chi connectivity index (χ0n) is 7.33. The van der Waals surface area contributed by atoms with Gasteiger partial charge in [0.1, 0.15) is 11.6 Å². The zero-order chi connectivity index (χ0) is 9.26. The van der Waals surface area contributed by atoms with Crippen LogP contribution >= 0.6 is 22.6 Å². The van der Waals surface area contributed by atoms with E-state index in [0.717, 1.165) is 21.7 Å². The first kappa shape index (κ1) is 9.18. The summed E-state index contributed by atoms with van der Waals surface area (Å²) >= 11 is 2.15. The van der Waals surface area contributed by atoms with Gasteiger partial charge >= 0.3 is 0 Å². The highest BCUT2D eigenvalue weighted by Gasteiger charge is 2.19. The second kappa shape index (κ2) is 3.77. The van der Waals surface area contributed by atoms with Crippen molar-refractivity contribution in [2.24, 2.45) is 5.92 Å². The molecule has 0 spiro atoms. The number of nitrogens with two attached hydrogens (primary N) is 1. The molecule has 70 valence electrons. The van der Waals surface area contributed by atoms with Crippen LogP contribution in [0, 0.1) is 9.49 Å². The van der Waals surface area contributed by atoms with Crippen molar-refractivity contribution >= 4 is 28.4 Å². The molecule has 1 aromatic rings. The van der Waals surface area contributed by atoms with Crippen molar-refractivity contribution in [2.75, 3.05) is 5.73 Å². The van der Waals surface area contributed by atoms with Crippen LogP contribution in [0.3, 0.4) is 0 Å². The van der Waals surface area contributed by atoms with Gasteiger partial charge in [0.15, 0.2) is 0 Å². The lowest BCUT2D eigenvalue weighted by molar-refractivity contribution is 0.309. The Bertz CT molecular complexity index is 310. The molecule has 1 aliphatic carbocycles. The smallest absolute Gasteiger partial charge is 0.140 e. The number of nitrogen functional groups attached to an aromatic ring is 1. The van der Waals surface area contributed by atoms with E-state index in [0.29, 0.717) is 5.82 Å². The summed E-state index contributed by atoms with van der Waals surface area (Å²) in [6, 6.07) is 0. The molecule has 1 saturated carbocycles. The Kier molecular flexibility index (Phi) is 2.66. The Morgan fingerprint density at radius 3 is 2.85 bits per heavy atom. The molecule has 1 aromatic heterocycles. The highest BCUT2D eigenvalue weighted by Crippen LogP contribution is 2.29. The second-order valence-corrected chi connectivity index (χ2v) is 4.68. The van der Waals surface area contributed by atoms with Gasteiger partial charge in [-0.25, -0.2) is 9.97 Å². The average Bonchev–Trinajstić information content (AvgIpc) is 2.04. The minimum Gasteiger partial charge on any atom is -0.383 e. The van der Waals surface area contributed by atoms with Crippen molar-refractivity contribution in [1.82, 2.24) is 9.97 Å². The summed E-state index contributed by atoms with van der Waals surface area (Å²) in [6.07, 6.45) is 6.83. The summed E-state index contributed by atoms with van der Waals surface area (Å²) in [6.45, 7) is 0. The van der Waals surface area contributed by atoms with E-state index in [1.165, 1.54) is 19.3 Å². The van der Waals surface area contributed by atoms with Crippen molar-refractivity contribution in [1.29, 1.82) is 0 Å². The molecule has 3 nitrogen and oxygen atoms in total. The first-order chi connectivity index (χ1) is 6.25. The molecule has 0 radical (unpaired) electrons. The number of aromatic nitrogens is 2. The van der Waals surface area contributed by atoms with E-state index >= 15 is 0 Å². The van der Waals surface area contributed by atoms with Gasteiger partial charge < -0.3 is 5.73 Å². The molecule has 1 fully saturated rings. The van der Waals surface area contributed by atoms with E-state index in [1.54, 1.807) is 6.20 Å². The maximum Gasteiger partial charge on any atom is 0.140 e. The van der Waals surface area contributed by atoms with Gasteiger partial charge in [-0.05, 0) is 28.5 Å². The van der Waals surface area contributed by atoms with E-state index in [2.05, 4.69) is 32.6 Å². The van der Waals surface area contributed by atoms with Crippen molar-refractivity contribution in [2.45, 2.75) is 25.7 Å². The lowest BCUT2D eigenvalue weighted by Gasteiger charge is -2.24. The molecular weight excluding hydrogens is 277 g/mol. The fourth-order valence-electron chi connectivity index (χ4n) is 1.47. The molecule has 0 saturated heterocycles. The molecule has 2 rings (SSSR count). The van der Waals surface area contributed by atoms with Crippen LogP contribution in [0.1, 0.15) is 25.1 Å². The van der Waals surface area contributed by atoms with Crippen molar-refractivity contribution < 1.29 is 0 Å². The molecule has 1 aliphatic rings. The maximum atomic E-state index is 5.70. The van der Waals surface area contributed by atoms with Crippen molar-refractivity contribution in [3.05, 3.63) is 15.6 Å².